The number of carbonyl (C=O) groups is 6. The molecule has 0 saturated carbocycles. The zero-order valence-electron chi connectivity index (χ0n) is 46.2. The number of likely N-dealkylation sites (tertiary alicyclic amines) is 2. The van der Waals surface area contributed by atoms with Gasteiger partial charge in [-0.2, -0.15) is 8.78 Å². The minimum Gasteiger partial charge on any atom is -1.00 e. The van der Waals surface area contributed by atoms with Gasteiger partial charge in [-0.1, -0.05) is 67.9 Å². The van der Waals surface area contributed by atoms with Crippen LogP contribution in [0.5, 0.6) is 0 Å². The van der Waals surface area contributed by atoms with Crippen LogP contribution < -0.4 is 29.6 Å². The van der Waals surface area contributed by atoms with Crippen LogP contribution in [0.1, 0.15) is 151 Å². The van der Waals surface area contributed by atoms with Gasteiger partial charge in [0.2, 0.25) is 23.7 Å². The minimum absolute atomic E-state index is 0. The number of imide groups is 2. The Balaban J connectivity index is 0.000000432. The van der Waals surface area contributed by atoms with E-state index in [4.69, 9.17) is 28.8 Å². The minimum atomic E-state index is -0.845. The molecule has 22 heteroatoms. The largest absolute Gasteiger partial charge is 1.00 e. The molecule has 410 valence electrons. The van der Waals surface area contributed by atoms with Crippen molar-refractivity contribution in [2.45, 2.75) is 142 Å². The van der Waals surface area contributed by atoms with Crippen molar-refractivity contribution in [3.05, 3.63) is 106 Å². The number of alkyl halides is 1. The number of methoxy groups -OCH3 is 2. The van der Waals surface area contributed by atoms with Gasteiger partial charge in [-0.25, -0.2) is 47.7 Å². The number of halogens is 5. The van der Waals surface area contributed by atoms with Crippen molar-refractivity contribution >= 4 is 51.9 Å². The number of rotatable bonds is 12. The summed E-state index contributed by atoms with van der Waals surface area (Å²) >= 11 is 3.23. The Bertz CT molecular complexity index is 2720. The number of pyridine rings is 2. The molecule has 4 amide bonds. The van der Waals surface area contributed by atoms with Gasteiger partial charge in [0.15, 0.2) is 0 Å². The van der Waals surface area contributed by atoms with E-state index in [9.17, 15) is 41.9 Å². The number of esters is 2. The van der Waals surface area contributed by atoms with E-state index in [-0.39, 0.29) is 120 Å². The average molecular weight is 1140 g/mol. The fourth-order valence-electron chi connectivity index (χ4n) is 8.04. The number of hydrogen-bond donors (Lipinski definition) is 1. The van der Waals surface area contributed by atoms with Gasteiger partial charge in [0.05, 0.1) is 68.6 Å². The summed E-state index contributed by atoms with van der Waals surface area (Å²) in [6, 6.07) is 9.81. The summed E-state index contributed by atoms with van der Waals surface area (Å²) in [5.74, 6) is -4.86. The number of amides is 4. The van der Waals surface area contributed by atoms with Crippen molar-refractivity contribution < 1.29 is 106 Å². The van der Waals surface area contributed by atoms with Crippen LogP contribution >= 0.6 is 15.9 Å². The maximum atomic E-state index is 15.4. The molecule has 0 radical (unpaired) electrons. The number of aliphatic hydroxyl groups excluding tert-OH is 1. The molecular formula is C54H66BrF4N4NaO12. The van der Waals surface area contributed by atoms with Gasteiger partial charge in [0.25, 0.3) is 0 Å². The van der Waals surface area contributed by atoms with E-state index in [1.54, 1.807) is 55.4 Å². The number of carbonyl (C=O) groups excluding carboxylic acids is 6. The monoisotopic (exact) mass is 1140 g/mol. The molecule has 2 saturated heterocycles. The Hall–Kier alpha value is -5.32. The Morgan fingerprint density at radius 2 is 1.04 bits per heavy atom. The summed E-state index contributed by atoms with van der Waals surface area (Å²) in [4.78, 5) is 83.0. The second kappa shape index (κ2) is 28.3. The predicted molar refractivity (Wildman–Crippen MR) is 273 cm³/mol. The summed E-state index contributed by atoms with van der Waals surface area (Å²) in [5.41, 5.74) is 1.08. The SMILES string of the molecule is CC(C)(C)OC(=O)N1C(=O)CC[C@@H]1CO.COC(=O)c1c(C(C)C)nc(F)c(CBr)c1-c1ccc(F)cc1.COC(=O)c1c(C(C)C)nc(F)c(COC[C@H]2CCC(=O)N2C(=O)OC(C)(C)C)c1-c1ccc(F)cc1.[H-].[Na+]. The molecule has 2 atom stereocenters. The third kappa shape index (κ3) is 16.8. The van der Waals surface area contributed by atoms with E-state index in [2.05, 4.69) is 25.9 Å². The number of aliphatic hydroxyl groups is 1. The molecule has 6 rings (SSSR count). The Morgan fingerprint density at radius 1 is 0.671 bits per heavy atom. The summed E-state index contributed by atoms with van der Waals surface area (Å²) in [6.45, 7) is 16.9. The first-order chi connectivity index (χ1) is 35.1. The van der Waals surface area contributed by atoms with Gasteiger partial charge in [0.1, 0.15) is 22.8 Å². The van der Waals surface area contributed by atoms with Crippen molar-refractivity contribution in [3.63, 3.8) is 0 Å². The second-order valence-corrected chi connectivity index (χ2v) is 20.6. The van der Waals surface area contributed by atoms with Crippen LogP contribution in [0.4, 0.5) is 27.2 Å². The van der Waals surface area contributed by atoms with E-state index in [1.807, 2.05) is 13.8 Å². The van der Waals surface area contributed by atoms with Crippen molar-refractivity contribution in [2.75, 3.05) is 27.4 Å². The van der Waals surface area contributed by atoms with Gasteiger partial charge in [-0.15, -0.1) is 0 Å². The third-order valence-electron chi connectivity index (χ3n) is 11.4. The van der Waals surface area contributed by atoms with Crippen molar-refractivity contribution in [2.24, 2.45) is 0 Å². The van der Waals surface area contributed by atoms with Crippen LogP contribution in [0.3, 0.4) is 0 Å². The molecule has 0 unspecified atom stereocenters. The van der Waals surface area contributed by atoms with Gasteiger partial charge < -0.3 is 30.2 Å². The molecule has 0 bridgehead atoms. The first kappa shape index (κ1) is 65.0. The fourth-order valence-corrected chi connectivity index (χ4v) is 8.55. The van der Waals surface area contributed by atoms with Crippen LogP contribution in [0.2, 0.25) is 0 Å². The van der Waals surface area contributed by atoms with Crippen LogP contribution in [-0.4, -0.2) is 112 Å². The fraction of sp³-hybridized carbons (Fsp3) is 0.481. The Kier molecular flexibility index (Phi) is 24.2. The summed E-state index contributed by atoms with van der Waals surface area (Å²) < 4.78 is 82.7. The first-order valence-corrected chi connectivity index (χ1v) is 25.2. The second-order valence-electron chi connectivity index (χ2n) is 20.0. The maximum absolute atomic E-state index is 15.4. The van der Waals surface area contributed by atoms with Crippen molar-refractivity contribution in [1.29, 1.82) is 0 Å². The van der Waals surface area contributed by atoms with E-state index in [0.29, 0.717) is 41.6 Å². The van der Waals surface area contributed by atoms with Gasteiger partial charge in [-0.05, 0) is 102 Å². The molecule has 2 aliphatic heterocycles. The summed E-state index contributed by atoms with van der Waals surface area (Å²) in [7, 11) is 2.47. The average Bonchev–Trinajstić information content (AvgIpc) is 3.91. The zero-order chi connectivity index (χ0) is 56.3. The van der Waals surface area contributed by atoms with E-state index >= 15 is 4.39 Å². The third-order valence-corrected chi connectivity index (χ3v) is 12.0. The summed E-state index contributed by atoms with van der Waals surface area (Å²) in [6.07, 6.45) is -0.108. The molecule has 2 fully saturated rings. The Morgan fingerprint density at radius 3 is 1.39 bits per heavy atom. The Labute approximate surface area is 472 Å². The van der Waals surface area contributed by atoms with Crippen LogP contribution in [0, 0.1) is 23.5 Å². The molecule has 4 heterocycles. The molecule has 76 heavy (non-hydrogen) atoms. The molecule has 16 nitrogen and oxygen atoms in total. The maximum Gasteiger partial charge on any atom is 1.00 e. The van der Waals surface area contributed by atoms with Crippen LogP contribution in [0.25, 0.3) is 22.3 Å². The molecule has 0 aliphatic carbocycles. The molecule has 0 spiro atoms. The molecular weight excluding hydrogens is 1080 g/mol. The van der Waals surface area contributed by atoms with E-state index < -0.39 is 70.9 Å². The van der Waals surface area contributed by atoms with Crippen LogP contribution in [0.15, 0.2) is 48.5 Å². The van der Waals surface area contributed by atoms with Crippen molar-refractivity contribution in [1.82, 2.24) is 19.8 Å². The molecule has 4 aromatic rings. The normalized spacial score (nSPS) is 15.4. The van der Waals surface area contributed by atoms with E-state index in [1.165, 1.54) is 62.8 Å². The quantitative estimate of drug-likeness (QED) is 0.0355. The van der Waals surface area contributed by atoms with Crippen LogP contribution in [-0.2, 0) is 45.2 Å². The number of nitrogens with zero attached hydrogens (tertiary/aromatic N) is 4. The summed E-state index contributed by atoms with van der Waals surface area (Å²) in [5, 5.41) is 9.17. The number of hydrogen-bond acceptors (Lipinski definition) is 14. The molecule has 2 aliphatic rings. The predicted octanol–water partition coefficient (Wildman–Crippen LogP) is 8.23. The smallest absolute Gasteiger partial charge is 1.00 e. The van der Waals surface area contributed by atoms with Gasteiger partial charge >= 0.3 is 53.7 Å². The standard InChI is InChI=1S/C27H32F2N2O6.C17H16BrF2NO2.C10H17NO4.Na.H/c1-15(2)23-22(25(33)35-6)21(16-7-9-17(28)10-8-16)19(24(29)30-23)14-36-13-18-11-12-20(32)31(18)26(34)37-27(3,4)5;1-9(2)15-14(17(22)23-3)13(12(8-18)16(20)21-15)10-4-6-11(19)7-5-10;1-10(2,3)15-9(14)11-7(6-12)4-5-8(11)13;;/h7-10,15,18H,11-14H2,1-6H3;4-7,9H,8H2,1-3H3;7,12H,4-6H2,1-3H3;;/q;;;+1;-1/t18-;;7-;;/m1.1../s1. The number of benzene rings is 2. The van der Waals surface area contributed by atoms with Gasteiger partial charge in [0, 0.05) is 40.4 Å². The molecule has 2 aromatic heterocycles. The number of aromatic nitrogens is 2. The zero-order valence-corrected chi connectivity index (χ0v) is 48.8. The number of ether oxygens (including phenoxy) is 5. The molecule has 2 aromatic carbocycles. The topological polar surface area (TPSA) is 201 Å². The first-order valence-electron chi connectivity index (χ1n) is 24.1. The molecule has 1 N–H and O–H groups in total. The van der Waals surface area contributed by atoms with Gasteiger partial charge in [-0.3, -0.25) is 9.59 Å². The van der Waals surface area contributed by atoms with E-state index in [0.717, 1.165) is 9.80 Å². The van der Waals surface area contributed by atoms with Crippen molar-refractivity contribution in [3.8, 4) is 22.3 Å².